The van der Waals surface area contributed by atoms with E-state index in [1.165, 1.54) is 0 Å². The van der Waals surface area contributed by atoms with E-state index in [1.54, 1.807) is 31.4 Å². The molecule has 1 aromatic carbocycles. The summed E-state index contributed by atoms with van der Waals surface area (Å²) in [6, 6.07) is 7.19. The van der Waals surface area contributed by atoms with E-state index in [1.807, 2.05) is 11.9 Å². The molecule has 0 saturated carbocycles. The summed E-state index contributed by atoms with van der Waals surface area (Å²) in [4.78, 5) is 13.8. The molecule has 21 heavy (non-hydrogen) atoms. The Kier molecular flexibility index (Phi) is 5.17. The molecule has 6 nitrogen and oxygen atoms in total. The minimum absolute atomic E-state index is 0.0998. The van der Waals surface area contributed by atoms with Gasteiger partial charge in [0, 0.05) is 18.8 Å². The minimum atomic E-state index is -0.727. The molecule has 1 aliphatic rings. The number of anilines is 1. The second kappa shape index (κ2) is 6.89. The number of hydrogen-bond acceptors (Lipinski definition) is 5. The number of carbonyl (C=O) groups excluding carboxylic acids is 1. The number of carbonyl (C=O) groups is 1. The second-order valence-electron chi connectivity index (χ2n) is 5.60. The molecule has 3 N–H and O–H groups in total. The predicted molar refractivity (Wildman–Crippen MR) is 81.6 cm³/mol. The molecule has 1 heterocycles. The van der Waals surface area contributed by atoms with Gasteiger partial charge in [-0.3, -0.25) is 9.69 Å². The van der Waals surface area contributed by atoms with Crippen LogP contribution in [0.1, 0.15) is 6.42 Å². The molecule has 1 fully saturated rings. The smallest absolute Gasteiger partial charge is 0.238 e. The summed E-state index contributed by atoms with van der Waals surface area (Å²) in [6.45, 7) is 2.13. The molecule has 116 valence electrons. The van der Waals surface area contributed by atoms with Gasteiger partial charge < -0.3 is 20.5 Å². The molecule has 1 unspecified atom stereocenters. The van der Waals surface area contributed by atoms with Crippen LogP contribution in [0.25, 0.3) is 0 Å². The molecule has 1 aliphatic heterocycles. The van der Waals surface area contributed by atoms with Crippen molar-refractivity contribution in [2.24, 2.45) is 0 Å². The molecule has 6 heteroatoms. The number of nitrogens with zero attached hydrogens (tertiary/aromatic N) is 1. The molecule has 0 spiro atoms. The van der Waals surface area contributed by atoms with Gasteiger partial charge in [-0.25, -0.2) is 0 Å². The molecule has 0 aromatic heterocycles. The van der Waals surface area contributed by atoms with Crippen LogP contribution in [-0.4, -0.2) is 61.9 Å². The number of ether oxygens (including phenoxy) is 1. The number of β-amino-alcohol motifs (C(OH)–C–C–N with tert-alkyl or cyclic N) is 1. The predicted octanol–water partition coefficient (Wildman–Crippen LogP) is 0.290. The molecule has 0 radical (unpaired) electrons. The lowest BCUT2D eigenvalue weighted by Crippen LogP contribution is -2.45. The maximum absolute atomic E-state index is 12.0. The van der Waals surface area contributed by atoms with E-state index in [4.69, 9.17) is 4.74 Å². The molecule has 1 aromatic rings. The zero-order valence-corrected chi connectivity index (χ0v) is 12.6. The number of methoxy groups -OCH3 is 1. The van der Waals surface area contributed by atoms with Crippen LogP contribution in [0.3, 0.4) is 0 Å². The average Bonchev–Trinajstić information content (AvgIpc) is 2.85. The van der Waals surface area contributed by atoms with Gasteiger partial charge in [0.2, 0.25) is 5.91 Å². The lowest BCUT2D eigenvalue weighted by atomic mass is 10.0. The second-order valence-corrected chi connectivity index (χ2v) is 5.60. The lowest BCUT2D eigenvalue weighted by Gasteiger charge is -2.27. The first-order valence-corrected chi connectivity index (χ1v) is 7.06. The quantitative estimate of drug-likeness (QED) is 0.703. The van der Waals surface area contributed by atoms with E-state index < -0.39 is 5.60 Å². The van der Waals surface area contributed by atoms with Crippen LogP contribution in [0, 0.1) is 0 Å². The number of likely N-dealkylation sites (N-methyl/N-ethyl adjacent to an activating group) is 1. The highest BCUT2D eigenvalue weighted by Gasteiger charge is 2.32. The Morgan fingerprint density at radius 3 is 2.76 bits per heavy atom. The molecule has 1 amide bonds. The Hall–Kier alpha value is -1.63. The first-order valence-electron chi connectivity index (χ1n) is 7.06. The third kappa shape index (κ3) is 4.70. The van der Waals surface area contributed by atoms with Crippen molar-refractivity contribution in [3.05, 3.63) is 24.3 Å². The summed E-state index contributed by atoms with van der Waals surface area (Å²) in [5.41, 5.74) is 0.00485. The van der Waals surface area contributed by atoms with E-state index in [0.717, 1.165) is 24.4 Å². The van der Waals surface area contributed by atoms with Gasteiger partial charge in [-0.2, -0.15) is 0 Å². The van der Waals surface area contributed by atoms with Crippen molar-refractivity contribution in [2.45, 2.75) is 12.0 Å². The van der Waals surface area contributed by atoms with Gasteiger partial charge in [0.25, 0.3) is 0 Å². The van der Waals surface area contributed by atoms with Gasteiger partial charge >= 0.3 is 0 Å². The summed E-state index contributed by atoms with van der Waals surface area (Å²) < 4.78 is 5.07. The minimum Gasteiger partial charge on any atom is -0.497 e. The first kappa shape index (κ1) is 15.8. The highest BCUT2D eigenvalue weighted by atomic mass is 16.5. The van der Waals surface area contributed by atoms with Crippen molar-refractivity contribution in [1.82, 2.24) is 10.2 Å². The molecule has 2 rings (SSSR count). The zero-order chi connectivity index (χ0) is 15.3. The maximum atomic E-state index is 12.0. The molecular formula is C15H23N3O3. The van der Waals surface area contributed by atoms with Crippen LogP contribution >= 0.6 is 0 Å². The van der Waals surface area contributed by atoms with Crippen LogP contribution in [-0.2, 0) is 4.79 Å². The van der Waals surface area contributed by atoms with Crippen molar-refractivity contribution < 1.29 is 14.6 Å². The Morgan fingerprint density at radius 2 is 2.19 bits per heavy atom. The number of amides is 1. The number of hydrogen-bond donors (Lipinski definition) is 3. The van der Waals surface area contributed by atoms with Crippen LogP contribution in [0.4, 0.5) is 5.69 Å². The van der Waals surface area contributed by atoms with Crippen molar-refractivity contribution in [3.8, 4) is 5.75 Å². The largest absolute Gasteiger partial charge is 0.497 e. The van der Waals surface area contributed by atoms with Crippen LogP contribution in [0.15, 0.2) is 24.3 Å². The van der Waals surface area contributed by atoms with Gasteiger partial charge in [0.1, 0.15) is 5.75 Å². The Morgan fingerprint density at radius 1 is 1.48 bits per heavy atom. The Balaban J connectivity index is 1.80. The van der Waals surface area contributed by atoms with Crippen LogP contribution < -0.4 is 15.4 Å². The van der Waals surface area contributed by atoms with Gasteiger partial charge in [0.15, 0.2) is 0 Å². The SMILES string of the molecule is COc1ccc(NC(=O)CN(C)CC2(O)CCNC2)cc1. The monoisotopic (exact) mass is 293 g/mol. The topological polar surface area (TPSA) is 73.8 Å². The molecule has 1 atom stereocenters. The molecule has 1 saturated heterocycles. The fraction of sp³-hybridized carbons (Fsp3) is 0.533. The van der Waals surface area contributed by atoms with E-state index in [0.29, 0.717) is 13.1 Å². The zero-order valence-electron chi connectivity index (χ0n) is 12.6. The Bertz CT molecular complexity index is 470. The van der Waals surface area contributed by atoms with Gasteiger partial charge in [-0.15, -0.1) is 0 Å². The number of nitrogens with one attached hydrogen (secondary N) is 2. The standard InChI is InChI=1S/C15H23N3O3/c1-18(11-15(20)7-8-16-10-15)9-14(19)17-12-3-5-13(21-2)6-4-12/h3-6,16,20H,7-11H2,1-2H3,(H,17,19). The fourth-order valence-electron chi connectivity index (χ4n) is 2.54. The van der Waals surface area contributed by atoms with Crippen molar-refractivity contribution in [2.75, 3.05) is 45.7 Å². The van der Waals surface area contributed by atoms with Crippen LogP contribution in [0.5, 0.6) is 5.75 Å². The van der Waals surface area contributed by atoms with Crippen molar-refractivity contribution >= 4 is 11.6 Å². The maximum Gasteiger partial charge on any atom is 0.238 e. The van der Waals surface area contributed by atoms with Crippen LogP contribution in [0.2, 0.25) is 0 Å². The third-order valence-corrected chi connectivity index (χ3v) is 3.57. The molecule has 0 bridgehead atoms. The van der Waals surface area contributed by atoms with E-state index in [2.05, 4.69) is 10.6 Å². The van der Waals surface area contributed by atoms with E-state index in [9.17, 15) is 9.90 Å². The number of rotatable bonds is 6. The molecular weight excluding hydrogens is 270 g/mol. The summed E-state index contributed by atoms with van der Waals surface area (Å²) >= 11 is 0. The van der Waals surface area contributed by atoms with E-state index in [-0.39, 0.29) is 12.5 Å². The third-order valence-electron chi connectivity index (χ3n) is 3.57. The lowest BCUT2D eigenvalue weighted by molar-refractivity contribution is -0.117. The highest BCUT2D eigenvalue weighted by Crippen LogP contribution is 2.16. The molecule has 0 aliphatic carbocycles. The summed E-state index contributed by atoms with van der Waals surface area (Å²) in [5, 5.41) is 16.2. The summed E-state index contributed by atoms with van der Waals surface area (Å²) in [7, 11) is 3.44. The van der Waals surface area contributed by atoms with Gasteiger partial charge in [-0.05, 0) is 44.3 Å². The number of aliphatic hydroxyl groups is 1. The van der Waals surface area contributed by atoms with E-state index >= 15 is 0 Å². The average molecular weight is 293 g/mol. The summed E-state index contributed by atoms with van der Waals surface area (Å²) in [6.07, 6.45) is 0.720. The van der Waals surface area contributed by atoms with Crippen molar-refractivity contribution in [1.29, 1.82) is 0 Å². The number of benzene rings is 1. The van der Waals surface area contributed by atoms with Gasteiger partial charge in [0.05, 0.1) is 19.3 Å². The highest BCUT2D eigenvalue weighted by molar-refractivity contribution is 5.92. The van der Waals surface area contributed by atoms with Gasteiger partial charge in [-0.1, -0.05) is 0 Å². The normalized spacial score (nSPS) is 21.5. The Labute approximate surface area is 125 Å². The van der Waals surface area contributed by atoms with Crippen molar-refractivity contribution in [3.63, 3.8) is 0 Å². The fourth-order valence-corrected chi connectivity index (χ4v) is 2.54. The summed E-state index contributed by atoms with van der Waals surface area (Å²) in [5.74, 6) is 0.651. The first-order chi connectivity index (χ1) is 10.0.